The zero-order valence-corrected chi connectivity index (χ0v) is 10.2. The Bertz CT molecular complexity index is 458. The Kier molecular flexibility index (Phi) is 3.81. The molecule has 0 saturated heterocycles. The Hall–Kier alpha value is -1.62. The average Bonchev–Trinajstić information content (AvgIpc) is 3.13. The molecule has 1 fully saturated rings. The first-order chi connectivity index (χ1) is 8.58. The topological polar surface area (TPSA) is 61.6 Å². The van der Waals surface area contributed by atoms with Crippen molar-refractivity contribution < 1.29 is 18.7 Å². The highest BCUT2D eigenvalue weighted by Gasteiger charge is 2.21. The van der Waals surface area contributed by atoms with Crippen LogP contribution in [0.2, 0.25) is 0 Å². The molecule has 0 aromatic heterocycles. The van der Waals surface area contributed by atoms with E-state index in [4.69, 9.17) is 15.2 Å². The van der Waals surface area contributed by atoms with E-state index in [-0.39, 0.29) is 12.4 Å². The number of hydrogen-bond acceptors (Lipinski definition) is 4. The lowest BCUT2D eigenvalue weighted by molar-refractivity contribution is -0.0347. The van der Waals surface area contributed by atoms with Crippen LogP contribution >= 0.6 is 0 Å². The first-order valence-electron chi connectivity index (χ1n) is 5.88. The molecule has 0 bridgehead atoms. The van der Waals surface area contributed by atoms with Crippen LogP contribution in [0.5, 0.6) is 0 Å². The van der Waals surface area contributed by atoms with Crippen molar-refractivity contribution >= 4 is 11.7 Å². The van der Waals surface area contributed by atoms with E-state index < -0.39 is 11.8 Å². The van der Waals surface area contributed by atoms with Crippen molar-refractivity contribution in [2.24, 2.45) is 5.92 Å². The van der Waals surface area contributed by atoms with E-state index >= 15 is 0 Å². The SMILES string of the molecule is Cc1cc(N)cc(C(=O)OCOCC2CC2)c1F. The highest BCUT2D eigenvalue weighted by atomic mass is 19.1. The third-order valence-electron chi connectivity index (χ3n) is 2.82. The summed E-state index contributed by atoms with van der Waals surface area (Å²) in [6, 6.07) is 2.74. The van der Waals surface area contributed by atoms with E-state index in [9.17, 15) is 9.18 Å². The number of anilines is 1. The molecule has 0 heterocycles. The van der Waals surface area contributed by atoms with Gasteiger partial charge >= 0.3 is 5.97 Å². The summed E-state index contributed by atoms with van der Waals surface area (Å²) >= 11 is 0. The number of carbonyl (C=O) groups is 1. The third kappa shape index (κ3) is 3.20. The molecule has 1 saturated carbocycles. The number of nitrogens with two attached hydrogens (primary N) is 1. The van der Waals surface area contributed by atoms with E-state index in [1.807, 2.05) is 0 Å². The largest absolute Gasteiger partial charge is 0.435 e. The number of hydrogen-bond donors (Lipinski definition) is 1. The van der Waals surface area contributed by atoms with Gasteiger partial charge in [-0.05, 0) is 43.4 Å². The van der Waals surface area contributed by atoms with E-state index in [0.717, 1.165) is 12.8 Å². The number of halogens is 1. The molecule has 2 rings (SSSR count). The van der Waals surface area contributed by atoms with Gasteiger partial charge in [-0.25, -0.2) is 9.18 Å². The van der Waals surface area contributed by atoms with Crippen LogP contribution in [0.3, 0.4) is 0 Å². The molecule has 18 heavy (non-hydrogen) atoms. The summed E-state index contributed by atoms with van der Waals surface area (Å²) in [7, 11) is 0. The normalized spacial score (nSPS) is 14.6. The van der Waals surface area contributed by atoms with Gasteiger partial charge in [0.2, 0.25) is 0 Å². The molecule has 98 valence electrons. The van der Waals surface area contributed by atoms with E-state index in [1.54, 1.807) is 6.92 Å². The Morgan fingerprint density at radius 1 is 1.50 bits per heavy atom. The molecule has 0 atom stereocenters. The molecule has 1 aromatic carbocycles. The van der Waals surface area contributed by atoms with Crippen molar-refractivity contribution in [2.45, 2.75) is 19.8 Å². The maximum Gasteiger partial charge on any atom is 0.343 e. The van der Waals surface area contributed by atoms with Crippen LogP contribution in [0.15, 0.2) is 12.1 Å². The molecular formula is C13H16FNO3. The summed E-state index contributed by atoms with van der Waals surface area (Å²) in [6.07, 6.45) is 2.33. The number of benzene rings is 1. The first-order valence-corrected chi connectivity index (χ1v) is 5.88. The minimum Gasteiger partial charge on any atom is -0.435 e. The van der Waals surface area contributed by atoms with E-state index in [0.29, 0.717) is 23.8 Å². The van der Waals surface area contributed by atoms with Crippen LogP contribution in [-0.2, 0) is 9.47 Å². The summed E-state index contributed by atoms with van der Waals surface area (Å²) in [5.74, 6) is -0.759. The Morgan fingerprint density at radius 3 is 2.89 bits per heavy atom. The van der Waals surface area contributed by atoms with Gasteiger partial charge in [-0.15, -0.1) is 0 Å². The quantitative estimate of drug-likeness (QED) is 0.378. The molecule has 5 heteroatoms. The van der Waals surface area contributed by atoms with Crippen LogP contribution in [0, 0.1) is 18.7 Å². The molecular weight excluding hydrogens is 237 g/mol. The molecule has 0 unspecified atom stereocenters. The molecule has 4 nitrogen and oxygen atoms in total. The summed E-state index contributed by atoms with van der Waals surface area (Å²) in [5, 5.41) is 0. The highest BCUT2D eigenvalue weighted by Crippen LogP contribution is 2.28. The maximum atomic E-state index is 13.7. The summed E-state index contributed by atoms with van der Waals surface area (Å²) in [6.45, 7) is 1.99. The van der Waals surface area contributed by atoms with Gasteiger partial charge in [-0.2, -0.15) is 0 Å². The van der Waals surface area contributed by atoms with Gasteiger partial charge in [0, 0.05) is 5.69 Å². The zero-order chi connectivity index (χ0) is 13.1. The van der Waals surface area contributed by atoms with Crippen molar-refractivity contribution in [1.29, 1.82) is 0 Å². The van der Waals surface area contributed by atoms with Crippen molar-refractivity contribution in [3.63, 3.8) is 0 Å². The lowest BCUT2D eigenvalue weighted by atomic mass is 10.1. The lowest BCUT2D eigenvalue weighted by Crippen LogP contribution is -2.12. The van der Waals surface area contributed by atoms with Gasteiger partial charge < -0.3 is 15.2 Å². The second-order valence-electron chi connectivity index (χ2n) is 4.56. The predicted octanol–water partition coefficient (Wildman–Crippen LogP) is 2.26. The van der Waals surface area contributed by atoms with Crippen LogP contribution in [0.1, 0.15) is 28.8 Å². The number of esters is 1. The smallest absolute Gasteiger partial charge is 0.343 e. The summed E-state index contributed by atoms with van der Waals surface area (Å²) < 4.78 is 23.7. The molecule has 1 aromatic rings. The summed E-state index contributed by atoms with van der Waals surface area (Å²) in [5.41, 5.74) is 6.07. The zero-order valence-electron chi connectivity index (χ0n) is 10.2. The monoisotopic (exact) mass is 253 g/mol. The predicted molar refractivity (Wildman–Crippen MR) is 64.5 cm³/mol. The van der Waals surface area contributed by atoms with Gasteiger partial charge in [-0.3, -0.25) is 0 Å². The molecule has 0 spiro atoms. The standard InChI is InChI=1S/C13H16FNO3/c1-8-4-10(15)5-11(12(8)14)13(16)18-7-17-6-9-2-3-9/h4-5,9H,2-3,6-7,15H2,1H3. The van der Waals surface area contributed by atoms with Crippen molar-refractivity contribution in [3.05, 3.63) is 29.1 Å². The summed E-state index contributed by atoms with van der Waals surface area (Å²) in [4.78, 5) is 11.6. The van der Waals surface area contributed by atoms with Crippen LogP contribution in [-0.4, -0.2) is 19.4 Å². The second-order valence-corrected chi connectivity index (χ2v) is 4.56. The first kappa shape index (κ1) is 12.8. The lowest BCUT2D eigenvalue weighted by Gasteiger charge is -2.08. The molecule has 1 aliphatic rings. The van der Waals surface area contributed by atoms with Crippen molar-refractivity contribution in [2.75, 3.05) is 19.1 Å². The minimum absolute atomic E-state index is 0.150. The average molecular weight is 253 g/mol. The number of nitrogen functional groups attached to an aromatic ring is 1. The van der Waals surface area contributed by atoms with E-state index in [1.165, 1.54) is 12.1 Å². The fourth-order valence-electron chi connectivity index (χ4n) is 1.62. The second kappa shape index (κ2) is 5.35. The number of aryl methyl sites for hydroxylation is 1. The minimum atomic E-state index is -0.751. The molecule has 0 aliphatic heterocycles. The van der Waals surface area contributed by atoms with Gasteiger partial charge in [0.15, 0.2) is 6.79 Å². The Balaban J connectivity index is 1.90. The van der Waals surface area contributed by atoms with Crippen LogP contribution < -0.4 is 5.73 Å². The molecule has 0 radical (unpaired) electrons. The fourth-order valence-corrected chi connectivity index (χ4v) is 1.62. The molecule has 1 aliphatic carbocycles. The van der Waals surface area contributed by atoms with E-state index in [2.05, 4.69) is 0 Å². The maximum absolute atomic E-state index is 13.7. The fraction of sp³-hybridized carbons (Fsp3) is 0.462. The van der Waals surface area contributed by atoms with Crippen LogP contribution in [0.4, 0.5) is 10.1 Å². The molecule has 0 amide bonds. The third-order valence-corrected chi connectivity index (χ3v) is 2.82. The Labute approximate surface area is 105 Å². The highest BCUT2D eigenvalue weighted by molar-refractivity contribution is 5.91. The van der Waals surface area contributed by atoms with Gasteiger partial charge in [-0.1, -0.05) is 0 Å². The van der Waals surface area contributed by atoms with Crippen molar-refractivity contribution in [3.8, 4) is 0 Å². The molecule has 2 N–H and O–H groups in total. The Morgan fingerprint density at radius 2 is 2.22 bits per heavy atom. The number of carbonyl (C=O) groups excluding carboxylic acids is 1. The van der Waals surface area contributed by atoms with Crippen molar-refractivity contribution in [1.82, 2.24) is 0 Å². The van der Waals surface area contributed by atoms with Gasteiger partial charge in [0.1, 0.15) is 5.82 Å². The van der Waals surface area contributed by atoms with Crippen LogP contribution in [0.25, 0.3) is 0 Å². The van der Waals surface area contributed by atoms with Gasteiger partial charge in [0.05, 0.1) is 12.2 Å². The van der Waals surface area contributed by atoms with Gasteiger partial charge in [0.25, 0.3) is 0 Å². The number of ether oxygens (including phenoxy) is 2. The number of rotatable bonds is 5.